The van der Waals surface area contributed by atoms with E-state index in [-0.39, 0.29) is 11.6 Å². The molecule has 5 aliphatic rings. The molecule has 4 aliphatic carbocycles. The zero-order valence-corrected chi connectivity index (χ0v) is 17.3. The van der Waals surface area contributed by atoms with E-state index < -0.39 is 11.0 Å². The number of carbonyl (C=O) groups is 1. The summed E-state index contributed by atoms with van der Waals surface area (Å²) in [7, 11) is -1.11. The van der Waals surface area contributed by atoms with Crippen molar-refractivity contribution < 1.29 is 9.00 Å². The van der Waals surface area contributed by atoms with Crippen LogP contribution >= 0.6 is 0 Å². The Morgan fingerprint density at radius 2 is 1.96 bits per heavy atom. The van der Waals surface area contributed by atoms with E-state index in [0.29, 0.717) is 17.9 Å². The fourth-order valence-electron chi connectivity index (χ4n) is 7.65. The van der Waals surface area contributed by atoms with Gasteiger partial charge in [-0.1, -0.05) is 18.2 Å². The van der Waals surface area contributed by atoms with Crippen molar-refractivity contribution in [2.75, 3.05) is 19.6 Å². The summed E-state index contributed by atoms with van der Waals surface area (Å²) in [5.74, 6) is 3.10. The highest BCUT2D eigenvalue weighted by Gasteiger charge is 2.88. The molecule has 0 bridgehead atoms. The first-order valence-corrected chi connectivity index (χ1v) is 11.9. The van der Waals surface area contributed by atoms with E-state index in [9.17, 15) is 9.00 Å². The molecule has 1 aliphatic heterocycles. The van der Waals surface area contributed by atoms with Crippen LogP contribution in [0.4, 0.5) is 4.79 Å². The lowest BCUT2D eigenvalue weighted by Gasteiger charge is -2.90. The fourth-order valence-corrected chi connectivity index (χ4v) is 9.08. The minimum absolute atomic E-state index is 0.0160. The van der Waals surface area contributed by atoms with Crippen LogP contribution in [-0.4, -0.2) is 39.7 Å². The Balaban J connectivity index is 1.01. The number of rotatable bonds is 5. The number of carbonyl (C=O) groups excluding carboxylic acids is 1. The second-order valence-electron chi connectivity index (χ2n) is 9.88. The van der Waals surface area contributed by atoms with E-state index in [2.05, 4.69) is 10.6 Å². The van der Waals surface area contributed by atoms with Gasteiger partial charge in [0.25, 0.3) is 0 Å². The van der Waals surface area contributed by atoms with E-state index in [0.717, 1.165) is 47.7 Å². The molecule has 6 rings (SSSR count). The van der Waals surface area contributed by atoms with Gasteiger partial charge in [-0.3, -0.25) is 0 Å². The molecule has 28 heavy (non-hydrogen) atoms. The fraction of sp³-hybridized carbons (Fsp3) is 0.682. The number of hydrogen-bond donors (Lipinski definition) is 2. The van der Waals surface area contributed by atoms with E-state index in [4.69, 9.17) is 0 Å². The summed E-state index contributed by atoms with van der Waals surface area (Å²) >= 11 is 0. The molecule has 1 spiro atoms. The van der Waals surface area contributed by atoms with Crippen LogP contribution in [0.15, 0.2) is 29.2 Å². The molecule has 5 nitrogen and oxygen atoms in total. The third kappa shape index (κ3) is 2.06. The second-order valence-corrected chi connectivity index (χ2v) is 11.3. The zero-order valence-electron chi connectivity index (χ0n) is 16.4. The van der Waals surface area contributed by atoms with Gasteiger partial charge in [-0.25, -0.2) is 13.3 Å². The lowest BCUT2D eigenvalue weighted by atomic mass is 9.15. The Morgan fingerprint density at radius 3 is 2.64 bits per heavy atom. The quantitative estimate of drug-likeness (QED) is 0.800. The zero-order chi connectivity index (χ0) is 19.1. The lowest BCUT2D eigenvalue weighted by Crippen LogP contribution is -2.93. The summed E-state index contributed by atoms with van der Waals surface area (Å²) in [5.41, 5.74) is 1.74. The SMILES string of the molecule is Cc1ccccc1S(=O)N1CCC(CNC(=O)NC23CC4CC5CC(C2)C543)C1. The predicted octanol–water partition coefficient (Wildman–Crippen LogP) is 2.83. The molecule has 150 valence electrons. The van der Waals surface area contributed by atoms with Gasteiger partial charge in [-0.15, -0.1) is 0 Å². The van der Waals surface area contributed by atoms with Crippen LogP contribution in [0.25, 0.3) is 0 Å². The lowest BCUT2D eigenvalue weighted by molar-refractivity contribution is -0.393. The molecule has 1 heterocycles. The van der Waals surface area contributed by atoms with Crippen LogP contribution in [0.5, 0.6) is 0 Å². The van der Waals surface area contributed by atoms with Crippen LogP contribution in [0.2, 0.25) is 0 Å². The van der Waals surface area contributed by atoms with Gasteiger partial charge >= 0.3 is 6.03 Å². The number of nitrogens with one attached hydrogen (secondary N) is 2. The van der Waals surface area contributed by atoms with Crippen LogP contribution in [0, 0.1) is 36.0 Å². The summed E-state index contributed by atoms with van der Waals surface area (Å²) in [4.78, 5) is 13.5. The molecule has 1 aromatic carbocycles. The Morgan fingerprint density at radius 1 is 1.21 bits per heavy atom. The molecule has 2 N–H and O–H groups in total. The van der Waals surface area contributed by atoms with Crippen molar-refractivity contribution in [3.05, 3.63) is 29.8 Å². The Bertz CT molecular complexity index is 846. The van der Waals surface area contributed by atoms with Crippen molar-refractivity contribution in [1.82, 2.24) is 14.9 Å². The van der Waals surface area contributed by atoms with Crippen molar-refractivity contribution in [2.45, 2.75) is 49.5 Å². The van der Waals surface area contributed by atoms with Crippen LogP contribution < -0.4 is 10.6 Å². The topological polar surface area (TPSA) is 61.4 Å². The molecular formula is C22H29N3O2S. The number of nitrogens with zero attached hydrogens (tertiary/aromatic N) is 1. The van der Waals surface area contributed by atoms with Gasteiger partial charge < -0.3 is 10.6 Å². The van der Waals surface area contributed by atoms with E-state index in [1.807, 2.05) is 35.5 Å². The Hall–Kier alpha value is -1.40. The highest BCUT2D eigenvalue weighted by Crippen LogP contribution is 2.89. The number of amides is 2. The van der Waals surface area contributed by atoms with E-state index in [1.54, 1.807) is 0 Å². The summed E-state index contributed by atoms with van der Waals surface area (Å²) in [5, 5.41) is 6.50. The Kier molecular flexibility index (Phi) is 3.63. The van der Waals surface area contributed by atoms with E-state index in [1.165, 1.54) is 25.7 Å². The smallest absolute Gasteiger partial charge is 0.315 e. The van der Waals surface area contributed by atoms with Crippen molar-refractivity contribution >= 4 is 17.0 Å². The third-order valence-electron chi connectivity index (χ3n) is 8.85. The predicted molar refractivity (Wildman–Crippen MR) is 108 cm³/mol. The van der Waals surface area contributed by atoms with Gasteiger partial charge in [0.15, 0.2) is 0 Å². The molecule has 2 amide bonds. The van der Waals surface area contributed by atoms with Crippen molar-refractivity contribution in [2.24, 2.45) is 29.1 Å². The first-order chi connectivity index (χ1) is 13.5. The van der Waals surface area contributed by atoms with Gasteiger partial charge in [-0.2, -0.15) is 0 Å². The number of urea groups is 1. The molecule has 4 unspecified atom stereocenters. The highest BCUT2D eigenvalue weighted by molar-refractivity contribution is 7.82. The van der Waals surface area contributed by atoms with Gasteiger partial charge in [-0.05, 0) is 74.3 Å². The monoisotopic (exact) mass is 399 g/mol. The van der Waals surface area contributed by atoms with E-state index >= 15 is 0 Å². The Labute approximate surface area is 169 Å². The maximum Gasteiger partial charge on any atom is 0.315 e. The summed E-state index contributed by atoms with van der Waals surface area (Å²) in [6.45, 7) is 4.29. The van der Waals surface area contributed by atoms with Crippen molar-refractivity contribution in [1.29, 1.82) is 0 Å². The third-order valence-corrected chi connectivity index (χ3v) is 10.5. The first-order valence-electron chi connectivity index (χ1n) is 10.8. The molecular weight excluding hydrogens is 370 g/mol. The largest absolute Gasteiger partial charge is 0.338 e. The summed E-state index contributed by atoms with van der Waals surface area (Å²) < 4.78 is 14.9. The highest BCUT2D eigenvalue weighted by atomic mass is 32.2. The van der Waals surface area contributed by atoms with Gasteiger partial charge in [0.1, 0.15) is 11.0 Å². The standard InChI is InChI=1S/C22H29N3O2S/c1-14-4-2-3-5-19(14)28(27)25-7-6-15(13-25)12-23-20(26)24-21-10-17-8-16-9-18(11-21)22(16,17)21/h2-5,15-18H,6-13H2,1H3,(H2,23,24,26). The van der Waals surface area contributed by atoms with Crippen LogP contribution in [0.1, 0.15) is 37.7 Å². The minimum Gasteiger partial charge on any atom is -0.338 e. The summed E-state index contributed by atoms with van der Waals surface area (Å²) in [6.07, 6.45) is 6.23. The maximum atomic E-state index is 12.9. The molecule has 4 atom stereocenters. The van der Waals surface area contributed by atoms with Crippen molar-refractivity contribution in [3.63, 3.8) is 0 Å². The average Bonchev–Trinajstić information content (AvgIpc) is 3.09. The molecule has 0 radical (unpaired) electrons. The molecule has 1 aromatic rings. The summed E-state index contributed by atoms with van der Waals surface area (Å²) in [6, 6.07) is 7.91. The number of benzene rings is 1. The average molecular weight is 400 g/mol. The molecule has 6 heteroatoms. The van der Waals surface area contributed by atoms with Crippen LogP contribution in [-0.2, 0) is 11.0 Å². The second kappa shape index (κ2) is 5.82. The van der Waals surface area contributed by atoms with Crippen molar-refractivity contribution in [3.8, 4) is 0 Å². The van der Waals surface area contributed by atoms with Gasteiger partial charge in [0.2, 0.25) is 0 Å². The molecule has 4 saturated carbocycles. The van der Waals surface area contributed by atoms with Gasteiger partial charge in [0.05, 0.1) is 4.90 Å². The van der Waals surface area contributed by atoms with Gasteiger partial charge in [0, 0.05) is 30.6 Å². The van der Waals surface area contributed by atoms with Crippen LogP contribution in [0.3, 0.4) is 0 Å². The first kappa shape index (κ1) is 17.5. The molecule has 1 saturated heterocycles. The number of aryl methyl sites for hydroxylation is 1. The number of hydrogen-bond acceptors (Lipinski definition) is 2. The molecule has 0 aromatic heterocycles. The maximum absolute atomic E-state index is 12.9. The minimum atomic E-state index is -1.11. The molecule has 5 fully saturated rings. The normalized spacial score (nSPS) is 43.3.